The summed E-state index contributed by atoms with van der Waals surface area (Å²) < 4.78 is 0. The first-order valence-electron chi connectivity index (χ1n) is 8.71. The minimum absolute atomic E-state index is 0.164. The van der Waals surface area contributed by atoms with Gasteiger partial charge < -0.3 is 5.73 Å². The highest BCUT2D eigenvalue weighted by atomic mass is 15.2. The van der Waals surface area contributed by atoms with E-state index in [4.69, 9.17) is 5.73 Å². The molecule has 1 aromatic carbocycles. The maximum absolute atomic E-state index is 6.84. The van der Waals surface area contributed by atoms with Gasteiger partial charge >= 0.3 is 0 Å². The molecular formula is C19H30N2. The first-order chi connectivity index (χ1) is 10.1. The van der Waals surface area contributed by atoms with Gasteiger partial charge in [0, 0.05) is 11.6 Å². The number of nitrogens with zero attached hydrogens (tertiary/aromatic N) is 1. The molecule has 1 aromatic rings. The summed E-state index contributed by atoms with van der Waals surface area (Å²) in [6.45, 7) is 6.88. The summed E-state index contributed by atoms with van der Waals surface area (Å²) >= 11 is 0. The van der Waals surface area contributed by atoms with E-state index in [1.165, 1.54) is 74.7 Å². The van der Waals surface area contributed by atoms with E-state index in [0.717, 1.165) is 0 Å². The molecule has 0 aromatic heterocycles. The van der Waals surface area contributed by atoms with E-state index in [1.54, 1.807) is 0 Å². The van der Waals surface area contributed by atoms with Gasteiger partial charge in [-0.05, 0) is 69.3 Å². The molecule has 0 spiro atoms. The summed E-state index contributed by atoms with van der Waals surface area (Å²) in [5.41, 5.74) is 11.1. The van der Waals surface area contributed by atoms with E-state index in [1.807, 2.05) is 0 Å². The van der Waals surface area contributed by atoms with Crippen LogP contribution in [-0.2, 0) is 0 Å². The molecule has 1 saturated carbocycles. The van der Waals surface area contributed by atoms with Crippen LogP contribution in [0.2, 0.25) is 0 Å². The van der Waals surface area contributed by atoms with E-state index >= 15 is 0 Å². The fourth-order valence-corrected chi connectivity index (χ4v) is 4.42. The van der Waals surface area contributed by atoms with Crippen molar-refractivity contribution < 1.29 is 0 Å². The summed E-state index contributed by atoms with van der Waals surface area (Å²) in [6.07, 6.45) is 9.33. The number of nitrogens with two attached hydrogens (primary N) is 1. The van der Waals surface area contributed by atoms with Crippen molar-refractivity contribution >= 4 is 0 Å². The zero-order valence-corrected chi connectivity index (χ0v) is 13.7. The van der Waals surface area contributed by atoms with Crippen LogP contribution < -0.4 is 5.73 Å². The molecular weight excluding hydrogens is 256 g/mol. The molecule has 2 aliphatic rings. The van der Waals surface area contributed by atoms with Crippen LogP contribution in [0.5, 0.6) is 0 Å². The molecule has 116 valence electrons. The van der Waals surface area contributed by atoms with Crippen molar-refractivity contribution in [2.45, 2.75) is 70.4 Å². The van der Waals surface area contributed by atoms with Crippen molar-refractivity contribution in [1.82, 2.24) is 4.90 Å². The van der Waals surface area contributed by atoms with Gasteiger partial charge in [0.25, 0.3) is 0 Å². The Labute approximate surface area is 129 Å². The number of likely N-dealkylation sites (tertiary alicyclic amines) is 1. The summed E-state index contributed by atoms with van der Waals surface area (Å²) in [5, 5.41) is 0. The molecule has 2 heteroatoms. The predicted molar refractivity (Wildman–Crippen MR) is 89.5 cm³/mol. The lowest BCUT2D eigenvalue weighted by molar-refractivity contribution is 0.0478. The normalized spacial score (nSPS) is 24.1. The quantitative estimate of drug-likeness (QED) is 0.906. The van der Waals surface area contributed by atoms with Crippen LogP contribution >= 0.6 is 0 Å². The average Bonchev–Trinajstić information content (AvgIpc) is 3.01. The van der Waals surface area contributed by atoms with Crippen molar-refractivity contribution in [2.75, 3.05) is 13.1 Å². The highest BCUT2D eigenvalue weighted by molar-refractivity contribution is 5.33. The third kappa shape index (κ3) is 2.76. The smallest absolute Gasteiger partial charge is 0.0482 e. The Kier molecular flexibility index (Phi) is 4.37. The van der Waals surface area contributed by atoms with E-state index < -0.39 is 0 Å². The topological polar surface area (TPSA) is 29.3 Å². The standard InChI is InChI=1S/C19H30N2/c1-15-8-9-17(14-16(15)2)18(20)19(10-4-5-11-19)21-12-6-3-7-13-21/h8-9,14,18H,3-7,10-13,20H2,1-2H3. The van der Waals surface area contributed by atoms with Gasteiger partial charge in [-0.25, -0.2) is 0 Å². The first-order valence-corrected chi connectivity index (χ1v) is 8.71. The fraction of sp³-hybridized carbons (Fsp3) is 0.684. The molecule has 1 unspecified atom stereocenters. The average molecular weight is 286 g/mol. The molecule has 1 atom stereocenters. The van der Waals surface area contributed by atoms with Crippen molar-refractivity contribution in [1.29, 1.82) is 0 Å². The van der Waals surface area contributed by atoms with Gasteiger partial charge in [0.1, 0.15) is 0 Å². The van der Waals surface area contributed by atoms with Crippen LogP contribution in [0.4, 0.5) is 0 Å². The predicted octanol–water partition coefficient (Wildman–Crippen LogP) is 4.10. The van der Waals surface area contributed by atoms with E-state index in [0.29, 0.717) is 0 Å². The number of hydrogen-bond donors (Lipinski definition) is 1. The maximum atomic E-state index is 6.84. The monoisotopic (exact) mass is 286 g/mol. The highest BCUT2D eigenvalue weighted by Gasteiger charge is 2.45. The van der Waals surface area contributed by atoms with Gasteiger partial charge in [-0.3, -0.25) is 4.90 Å². The van der Waals surface area contributed by atoms with Crippen LogP contribution in [0.3, 0.4) is 0 Å². The first kappa shape index (κ1) is 15.1. The van der Waals surface area contributed by atoms with Crippen LogP contribution in [0, 0.1) is 13.8 Å². The van der Waals surface area contributed by atoms with Crippen LogP contribution in [0.15, 0.2) is 18.2 Å². The van der Waals surface area contributed by atoms with Crippen LogP contribution in [0.25, 0.3) is 0 Å². The zero-order chi connectivity index (χ0) is 14.9. The molecule has 2 nitrogen and oxygen atoms in total. The minimum Gasteiger partial charge on any atom is -0.322 e. The summed E-state index contributed by atoms with van der Waals surface area (Å²) in [7, 11) is 0. The van der Waals surface area contributed by atoms with Crippen molar-refractivity contribution in [3.05, 3.63) is 34.9 Å². The Morgan fingerprint density at radius 2 is 1.62 bits per heavy atom. The molecule has 0 amide bonds. The third-order valence-corrected chi connectivity index (χ3v) is 5.92. The van der Waals surface area contributed by atoms with Gasteiger partial charge in [-0.15, -0.1) is 0 Å². The van der Waals surface area contributed by atoms with Crippen molar-refractivity contribution in [3.63, 3.8) is 0 Å². The lowest BCUT2D eigenvalue weighted by Crippen LogP contribution is -2.55. The van der Waals surface area contributed by atoms with E-state index in [9.17, 15) is 0 Å². The lowest BCUT2D eigenvalue weighted by Gasteiger charge is -2.47. The number of aryl methyl sites for hydroxylation is 2. The second-order valence-electron chi connectivity index (χ2n) is 7.18. The maximum Gasteiger partial charge on any atom is 0.0482 e. The zero-order valence-electron chi connectivity index (χ0n) is 13.7. The molecule has 0 radical (unpaired) electrons. The molecule has 3 rings (SSSR count). The molecule has 2 N–H and O–H groups in total. The highest BCUT2D eigenvalue weighted by Crippen LogP contribution is 2.44. The van der Waals surface area contributed by atoms with Gasteiger partial charge in [0.15, 0.2) is 0 Å². The molecule has 2 fully saturated rings. The molecule has 1 aliphatic carbocycles. The molecule has 1 heterocycles. The minimum atomic E-state index is 0.164. The SMILES string of the molecule is Cc1ccc(C(N)C2(N3CCCCC3)CCCC2)cc1C. The largest absolute Gasteiger partial charge is 0.322 e. The second kappa shape index (κ2) is 6.10. The number of piperidine rings is 1. The third-order valence-electron chi connectivity index (χ3n) is 5.92. The van der Waals surface area contributed by atoms with Crippen LogP contribution in [-0.4, -0.2) is 23.5 Å². The Hall–Kier alpha value is -0.860. The summed E-state index contributed by atoms with van der Waals surface area (Å²) in [6, 6.07) is 6.99. The molecule has 21 heavy (non-hydrogen) atoms. The molecule has 1 saturated heterocycles. The van der Waals surface area contributed by atoms with Gasteiger partial charge in [0.05, 0.1) is 0 Å². The fourth-order valence-electron chi connectivity index (χ4n) is 4.42. The Balaban J connectivity index is 1.90. The Bertz CT molecular complexity index is 482. The molecule has 1 aliphatic heterocycles. The van der Waals surface area contributed by atoms with Gasteiger partial charge in [0.2, 0.25) is 0 Å². The number of rotatable bonds is 3. The molecule has 0 bridgehead atoms. The van der Waals surface area contributed by atoms with Gasteiger partial charge in [-0.1, -0.05) is 37.5 Å². The van der Waals surface area contributed by atoms with Crippen molar-refractivity contribution in [3.8, 4) is 0 Å². The Morgan fingerprint density at radius 1 is 0.952 bits per heavy atom. The number of benzene rings is 1. The van der Waals surface area contributed by atoms with Crippen molar-refractivity contribution in [2.24, 2.45) is 5.73 Å². The van der Waals surface area contributed by atoms with Crippen LogP contribution in [0.1, 0.15) is 67.7 Å². The second-order valence-corrected chi connectivity index (χ2v) is 7.18. The summed E-state index contributed by atoms with van der Waals surface area (Å²) in [4.78, 5) is 2.74. The summed E-state index contributed by atoms with van der Waals surface area (Å²) in [5.74, 6) is 0. The number of hydrogen-bond acceptors (Lipinski definition) is 2. The Morgan fingerprint density at radius 3 is 2.24 bits per heavy atom. The lowest BCUT2D eigenvalue weighted by atomic mass is 9.80. The van der Waals surface area contributed by atoms with E-state index in [2.05, 4.69) is 36.9 Å². The van der Waals surface area contributed by atoms with Gasteiger partial charge in [-0.2, -0.15) is 0 Å². The van der Waals surface area contributed by atoms with E-state index in [-0.39, 0.29) is 11.6 Å².